The summed E-state index contributed by atoms with van der Waals surface area (Å²) < 4.78 is 7.59. The van der Waals surface area contributed by atoms with Crippen LogP contribution in [0.4, 0.5) is 0 Å². The van der Waals surface area contributed by atoms with Gasteiger partial charge in [-0.15, -0.1) is 0 Å². The Morgan fingerprint density at radius 3 is 2.81 bits per heavy atom. The summed E-state index contributed by atoms with van der Waals surface area (Å²) in [5, 5.41) is 0. The van der Waals surface area contributed by atoms with Gasteiger partial charge in [0.2, 0.25) is 5.91 Å². The van der Waals surface area contributed by atoms with Crippen molar-refractivity contribution in [2.45, 2.75) is 25.8 Å². The predicted molar refractivity (Wildman–Crippen MR) is 98.2 cm³/mol. The lowest BCUT2D eigenvalue weighted by Crippen LogP contribution is -2.47. The lowest BCUT2D eigenvalue weighted by atomic mass is 9.70. The van der Waals surface area contributed by atoms with Crippen molar-refractivity contribution in [3.05, 3.63) is 36.3 Å². The number of likely N-dealkylation sites (tertiary alicyclic amines) is 2. The van der Waals surface area contributed by atoms with E-state index in [1.54, 1.807) is 13.1 Å². The predicted octanol–water partition coefficient (Wildman–Crippen LogP) is 1.43. The molecule has 7 nitrogen and oxygen atoms in total. The summed E-state index contributed by atoms with van der Waals surface area (Å²) in [6.45, 7) is 5.31. The van der Waals surface area contributed by atoms with E-state index in [-0.39, 0.29) is 23.3 Å². The summed E-state index contributed by atoms with van der Waals surface area (Å²) in [6, 6.07) is 3.94. The molecule has 2 aromatic rings. The minimum absolute atomic E-state index is 0.0705. The maximum Gasteiger partial charge on any atom is 0.255 e. The summed E-state index contributed by atoms with van der Waals surface area (Å²) >= 11 is 0. The van der Waals surface area contributed by atoms with E-state index < -0.39 is 0 Å². The molecule has 0 unspecified atom stereocenters. The third kappa shape index (κ3) is 2.56. The number of pyridine rings is 1. The summed E-state index contributed by atoms with van der Waals surface area (Å²) in [5.41, 5.74) is 1.62. The highest BCUT2D eigenvalue weighted by Crippen LogP contribution is 2.50. The van der Waals surface area contributed by atoms with Crippen molar-refractivity contribution in [3.8, 4) is 0 Å². The summed E-state index contributed by atoms with van der Waals surface area (Å²) in [4.78, 5) is 33.2. The van der Waals surface area contributed by atoms with Crippen LogP contribution in [0.2, 0.25) is 0 Å². The highest BCUT2D eigenvalue weighted by molar-refractivity contribution is 5.94. The molecule has 0 aromatic carbocycles. The molecule has 0 aliphatic carbocycles. The maximum atomic E-state index is 13.0. The molecule has 0 N–H and O–H groups in total. The molecule has 2 aromatic heterocycles. The van der Waals surface area contributed by atoms with Gasteiger partial charge in [-0.1, -0.05) is 0 Å². The molecule has 5 heterocycles. The van der Waals surface area contributed by atoms with Crippen molar-refractivity contribution in [1.29, 1.82) is 0 Å². The summed E-state index contributed by atoms with van der Waals surface area (Å²) in [7, 11) is 0. The molecule has 2 atom stereocenters. The van der Waals surface area contributed by atoms with Crippen LogP contribution in [0.5, 0.6) is 0 Å². The fourth-order valence-electron chi connectivity index (χ4n) is 5.27. The number of amides is 2. The topological polar surface area (TPSA) is 67.2 Å². The lowest BCUT2D eigenvalue weighted by Gasteiger charge is -2.42. The second-order valence-electron chi connectivity index (χ2n) is 8.12. The molecule has 0 radical (unpaired) electrons. The smallest absolute Gasteiger partial charge is 0.255 e. The van der Waals surface area contributed by atoms with Crippen molar-refractivity contribution in [3.63, 3.8) is 0 Å². The minimum Gasteiger partial charge on any atom is -0.379 e. The molecule has 2 amide bonds. The quantitative estimate of drug-likeness (QED) is 0.764. The fourth-order valence-corrected chi connectivity index (χ4v) is 5.27. The van der Waals surface area contributed by atoms with Gasteiger partial charge in [0.1, 0.15) is 5.65 Å². The van der Waals surface area contributed by atoms with Crippen LogP contribution in [0.1, 0.15) is 30.1 Å². The average molecular weight is 368 g/mol. The first-order chi connectivity index (χ1) is 13.1. The van der Waals surface area contributed by atoms with Gasteiger partial charge in [0, 0.05) is 51.1 Å². The van der Waals surface area contributed by atoms with Gasteiger partial charge in [-0.25, -0.2) is 4.98 Å². The maximum absolute atomic E-state index is 13.0. The Balaban J connectivity index is 1.32. The van der Waals surface area contributed by atoms with E-state index >= 15 is 0 Å². The van der Waals surface area contributed by atoms with E-state index in [0.29, 0.717) is 18.1 Å². The van der Waals surface area contributed by atoms with Gasteiger partial charge in [-0.05, 0) is 30.4 Å². The normalized spacial score (nSPS) is 26.7. The average Bonchev–Trinajstić information content (AvgIpc) is 3.39. The van der Waals surface area contributed by atoms with E-state index in [1.807, 2.05) is 38.7 Å². The second-order valence-corrected chi connectivity index (χ2v) is 8.12. The lowest BCUT2D eigenvalue weighted by molar-refractivity contribution is -0.130. The summed E-state index contributed by atoms with van der Waals surface area (Å²) in [5.74, 6) is 0.613. The Morgan fingerprint density at radius 2 is 2.04 bits per heavy atom. The molecule has 142 valence electrons. The van der Waals surface area contributed by atoms with Crippen LogP contribution in [-0.2, 0) is 9.53 Å². The van der Waals surface area contributed by atoms with Crippen LogP contribution in [0.3, 0.4) is 0 Å². The minimum atomic E-state index is 0.0705. The Kier molecular flexibility index (Phi) is 3.75. The number of imidazole rings is 1. The third-order valence-electron chi connectivity index (χ3n) is 6.81. The number of rotatable bonds is 1. The zero-order valence-corrected chi connectivity index (χ0v) is 15.5. The Morgan fingerprint density at radius 1 is 1.22 bits per heavy atom. The molecule has 3 aliphatic heterocycles. The van der Waals surface area contributed by atoms with Crippen molar-refractivity contribution >= 4 is 17.5 Å². The molecular formula is C20H24N4O3. The third-order valence-corrected chi connectivity index (χ3v) is 6.81. The van der Waals surface area contributed by atoms with Gasteiger partial charge in [0.25, 0.3) is 5.91 Å². The van der Waals surface area contributed by atoms with Crippen LogP contribution < -0.4 is 0 Å². The highest BCUT2D eigenvalue weighted by atomic mass is 16.5. The molecule has 5 rings (SSSR count). The van der Waals surface area contributed by atoms with Crippen LogP contribution in [-0.4, -0.2) is 69.9 Å². The number of carbonyl (C=O) groups is 2. The zero-order valence-electron chi connectivity index (χ0n) is 15.5. The van der Waals surface area contributed by atoms with Crippen molar-refractivity contribution in [2.24, 2.45) is 11.3 Å². The number of nitrogens with zero attached hydrogens (tertiary/aromatic N) is 4. The van der Waals surface area contributed by atoms with Gasteiger partial charge in [-0.2, -0.15) is 0 Å². The molecule has 27 heavy (non-hydrogen) atoms. The van der Waals surface area contributed by atoms with Crippen molar-refractivity contribution in [1.82, 2.24) is 19.2 Å². The van der Waals surface area contributed by atoms with Crippen molar-refractivity contribution in [2.75, 3.05) is 32.8 Å². The van der Waals surface area contributed by atoms with E-state index in [4.69, 9.17) is 4.74 Å². The number of carbonyl (C=O) groups excluding carboxylic acids is 2. The summed E-state index contributed by atoms with van der Waals surface area (Å²) in [6.07, 6.45) is 7.30. The van der Waals surface area contributed by atoms with E-state index in [2.05, 4.69) is 4.98 Å². The molecule has 3 fully saturated rings. The zero-order chi connectivity index (χ0) is 18.6. The van der Waals surface area contributed by atoms with E-state index in [0.717, 1.165) is 44.7 Å². The van der Waals surface area contributed by atoms with E-state index in [9.17, 15) is 9.59 Å². The van der Waals surface area contributed by atoms with Gasteiger partial charge < -0.3 is 18.9 Å². The number of piperidine rings is 1. The standard InChI is InChI=1S/C20H24N4O3/c1-14(25)24-13-20(16-11-27-12-17(16)24)4-7-22(8-5-20)19(26)15-2-3-18-21-6-9-23(18)10-15/h2-3,6,9-10,16-17H,4-5,7-8,11-13H2,1H3/t16-,17+/m0/s1. The molecule has 3 saturated heterocycles. The largest absolute Gasteiger partial charge is 0.379 e. The van der Waals surface area contributed by atoms with Gasteiger partial charge in [-0.3, -0.25) is 9.59 Å². The van der Waals surface area contributed by atoms with Gasteiger partial charge >= 0.3 is 0 Å². The SMILES string of the molecule is CC(=O)N1CC2(CCN(C(=O)c3ccc4nccn4c3)CC2)[C@H]2COC[C@H]21. The van der Waals surface area contributed by atoms with Crippen molar-refractivity contribution < 1.29 is 14.3 Å². The monoisotopic (exact) mass is 368 g/mol. The number of hydrogen-bond donors (Lipinski definition) is 0. The Hall–Kier alpha value is -2.41. The van der Waals surface area contributed by atoms with Crippen LogP contribution in [0.25, 0.3) is 5.65 Å². The first kappa shape index (κ1) is 16.7. The number of hydrogen-bond acceptors (Lipinski definition) is 4. The molecular weight excluding hydrogens is 344 g/mol. The van der Waals surface area contributed by atoms with Gasteiger partial charge in [0.15, 0.2) is 0 Å². The fraction of sp³-hybridized carbons (Fsp3) is 0.550. The molecule has 7 heteroatoms. The Labute approximate surface area is 157 Å². The number of ether oxygens (including phenoxy) is 1. The number of aromatic nitrogens is 2. The van der Waals surface area contributed by atoms with Crippen LogP contribution >= 0.6 is 0 Å². The molecule has 1 spiro atoms. The molecule has 0 bridgehead atoms. The highest BCUT2D eigenvalue weighted by Gasteiger charge is 2.56. The van der Waals surface area contributed by atoms with Gasteiger partial charge in [0.05, 0.1) is 24.8 Å². The first-order valence-corrected chi connectivity index (χ1v) is 9.64. The van der Waals surface area contributed by atoms with Crippen LogP contribution in [0, 0.1) is 11.3 Å². The van der Waals surface area contributed by atoms with E-state index in [1.165, 1.54) is 0 Å². The number of fused-ring (bicyclic) bond motifs is 3. The molecule has 0 saturated carbocycles. The second kappa shape index (κ2) is 6.05. The Bertz CT molecular complexity index is 900. The first-order valence-electron chi connectivity index (χ1n) is 9.64. The van der Waals surface area contributed by atoms with Crippen LogP contribution in [0.15, 0.2) is 30.7 Å². The molecule has 3 aliphatic rings.